The van der Waals surface area contributed by atoms with Crippen molar-refractivity contribution in [3.8, 4) is 0 Å². The van der Waals surface area contributed by atoms with Crippen molar-refractivity contribution in [1.29, 1.82) is 0 Å². The first-order valence-electron chi connectivity index (χ1n) is 11.5. The Bertz CT molecular complexity index is 1290. The van der Waals surface area contributed by atoms with Crippen LogP contribution in [0.15, 0.2) is 78.9 Å². The molecule has 3 aromatic carbocycles. The van der Waals surface area contributed by atoms with Crippen LogP contribution in [-0.2, 0) is 14.3 Å². The van der Waals surface area contributed by atoms with Gasteiger partial charge in [0, 0.05) is 21.8 Å². The number of carbonyl (C=O) groups excluding carboxylic acids is 4. The molecule has 0 aliphatic heterocycles. The number of carbonyl (C=O) groups is 4. The van der Waals surface area contributed by atoms with Crippen molar-refractivity contribution in [3.05, 3.63) is 95.0 Å². The summed E-state index contributed by atoms with van der Waals surface area (Å²) < 4.78 is 5.41. The van der Waals surface area contributed by atoms with E-state index in [2.05, 4.69) is 10.6 Å². The van der Waals surface area contributed by atoms with Crippen LogP contribution in [0, 0.1) is 0 Å². The molecule has 3 aromatic rings. The van der Waals surface area contributed by atoms with Crippen LogP contribution < -0.4 is 15.5 Å². The maximum absolute atomic E-state index is 13.3. The van der Waals surface area contributed by atoms with Crippen LogP contribution >= 0.6 is 11.6 Å². The SMILES string of the molecule is CC(C)(C)OC(=O)CN(C(=O)CNC(=O)Nc1cccc(Cl)c1)c1ccccc1C(=O)c1ccccc1. The molecule has 0 bridgehead atoms. The van der Waals surface area contributed by atoms with E-state index in [1.165, 1.54) is 0 Å². The van der Waals surface area contributed by atoms with Crippen molar-refractivity contribution < 1.29 is 23.9 Å². The Hall–Kier alpha value is -4.17. The molecule has 0 atom stereocenters. The molecule has 0 saturated heterocycles. The number of nitrogens with one attached hydrogen (secondary N) is 2. The van der Waals surface area contributed by atoms with E-state index >= 15 is 0 Å². The summed E-state index contributed by atoms with van der Waals surface area (Å²) in [7, 11) is 0. The summed E-state index contributed by atoms with van der Waals surface area (Å²) in [6, 6.07) is 21.0. The van der Waals surface area contributed by atoms with Crippen LogP contribution in [0.3, 0.4) is 0 Å². The van der Waals surface area contributed by atoms with E-state index in [1.807, 2.05) is 0 Å². The highest BCUT2D eigenvalue weighted by Crippen LogP contribution is 2.24. The molecule has 0 aliphatic rings. The van der Waals surface area contributed by atoms with Gasteiger partial charge in [-0.2, -0.15) is 0 Å². The van der Waals surface area contributed by atoms with Gasteiger partial charge in [-0.1, -0.05) is 60.1 Å². The predicted octanol–water partition coefficient (Wildman–Crippen LogP) is 5.07. The Morgan fingerprint density at radius 3 is 2.24 bits per heavy atom. The van der Waals surface area contributed by atoms with Crippen LogP contribution in [0.1, 0.15) is 36.7 Å². The number of rotatable bonds is 8. The molecule has 0 fully saturated rings. The number of ketones is 1. The largest absolute Gasteiger partial charge is 0.459 e. The van der Waals surface area contributed by atoms with Crippen LogP contribution in [0.2, 0.25) is 5.02 Å². The first-order valence-corrected chi connectivity index (χ1v) is 11.9. The average molecular weight is 522 g/mol. The van der Waals surface area contributed by atoms with Gasteiger partial charge in [0.15, 0.2) is 5.78 Å². The molecule has 0 radical (unpaired) electrons. The highest BCUT2D eigenvalue weighted by atomic mass is 35.5. The zero-order valence-electron chi connectivity index (χ0n) is 20.8. The standard InChI is InChI=1S/C28H28ClN3O5/c1-28(2,3)37-25(34)18-32(24(33)17-30-27(36)31-21-13-9-12-20(29)16-21)23-15-8-7-14-22(23)26(35)19-10-5-4-6-11-19/h4-16H,17-18H2,1-3H3,(H2,30,31,36). The number of benzene rings is 3. The van der Waals surface area contributed by atoms with Gasteiger partial charge in [0.05, 0.1) is 12.2 Å². The molecule has 0 aliphatic carbocycles. The summed E-state index contributed by atoms with van der Waals surface area (Å²) >= 11 is 5.94. The van der Waals surface area contributed by atoms with E-state index in [1.54, 1.807) is 99.6 Å². The molecule has 2 N–H and O–H groups in total. The van der Waals surface area contributed by atoms with E-state index < -0.39 is 36.6 Å². The number of nitrogens with zero attached hydrogens (tertiary/aromatic N) is 1. The van der Waals surface area contributed by atoms with Crippen LogP contribution in [0.5, 0.6) is 0 Å². The second kappa shape index (κ2) is 12.2. The lowest BCUT2D eigenvalue weighted by Crippen LogP contribution is -2.45. The van der Waals surface area contributed by atoms with Crippen LogP contribution in [0.4, 0.5) is 16.2 Å². The van der Waals surface area contributed by atoms with Gasteiger partial charge >= 0.3 is 12.0 Å². The van der Waals surface area contributed by atoms with Gasteiger partial charge in [-0.15, -0.1) is 0 Å². The summed E-state index contributed by atoms with van der Waals surface area (Å²) in [6.07, 6.45) is 0. The summed E-state index contributed by atoms with van der Waals surface area (Å²) in [5.41, 5.74) is 0.555. The molecule has 3 amide bonds. The molecule has 8 nitrogen and oxygen atoms in total. The van der Waals surface area contributed by atoms with Gasteiger partial charge in [0.2, 0.25) is 5.91 Å². The zero-order valence-corrected chi connectivity index (χ0v) is 21.5. The molecule has 0 spiro atoms. The van der Waals surface area contributed by atoms with Gasteiger partial charge < -0.3 is 15.4 Å². The molecule has 0 unspecified atom stereocenters. The molecule has 192 valence electrons. The quantitative estimate of drug-likeness (QED) is 0.318. The monoisotopic (exact) mass is 521 g/mol. The van der Waals surface area contributed by atoms with Crippen molar-refractivity contribution in [2.45, 2.75) is 26.4 Å². The van der Waals surface area contributed by atoms with Crippen molar-refractivity contribution in [2.24, 2.45) is 0 Å². The van der Waals surface area contributed by atoms with Gasteiger partial charge in [0.25, 0.3) is 0 Å². The van der Waals surface area contributed by atoms with E-state index in [-0.39, 0.29) is 17.0 Å². The fraction of sp³-hybridized carbons (Fsp3) is 0.214. The zero-order chi connectivity index (χ0) is 27.0. The predicted molar refractivity (Wildman–Crippen MR) is 143 cm³/mol. The molecule has 0 saturated carbocycles. The summed E-state index contributed by atoms with van der Waals surface area (Å²) in [4.78, 5) is 52.8. The van der Waals surface area contributed by atoms with Crippen LogP contribution in [0.25, 0.3) is 0 Å². The third kappa shape index (κ3) is 8.18. The number of hydrogen-bond donors (Lipinski definition) is 2. The van der Waals surface area contributed by atoms with Crippen molar-refractivity contribution >= 4 is 46.7 Å². The number of halogens is 1. The number of esters is 1. The number of ether oxygens (including phenoxy) is 1. The van der Waals surface area contributed by atoms with Gasteiger partial charge in [0.1, 0.15) is 12.1 Å². The molecular weight excluding hydrogens is 494 g/mol. The van der Waals surface area contributed by atoms with E-state index in [0.29, 0.717) is 16.3 Å². The minimum atomic E-state index is -0.778. The fourth-order valence-corrected chi connectivity index (χ4v) is 3.64. The Labute approximate surface area is 220 Å². The normalized spacial score (nSPS) is 10.8. The Morgan fingerprint density at radius 2 is 1.57 bits per heavy atom. The molecule has 37 heavy (non-hydrogen) atoms. The summed E-state index contributed by atoms with van der Waals surface area (Å²) in [5, 5.41) is 5.51. The molecule has 0 aromatic heterocycles. The number of hydrogen-bond acceptors (Lipinski definition) is 5. The number of anilines is 2. The molecule has 0 heterocycles. The maximum Gasteiger partial charge on any atom is 0.326 e. The Balaban J connectivity index is 1.84. The Kier molecular flexibility index (Phi) is 9.03. The lowest BCUT2D eigenvalue weighted by atomic mass is 10.0. The van der Waals surface area contributed by atoms with Crippen molar-refractivity contribution in [1.82, 2.24) is 5.32 Å². The lowest BCUT2D eigenvalue weighted by molar-refractivity contribution is -0.153. The second-order valence-electron chi connectivity index (χ2n) is 9.10. The fourth-order valence-electron chi connectivity index (χ4n) is 3.45. The molecular formula is C28H28ClN3O5. The third-order valence-electron chi connectivity index (χ3n) is 4.97. The van der Waals surface area contributed by atoms with Crippen molar-refractivity contribution in [2.75, 3.05) is 23.3 Å². The number of amides is 3. The van der Waals surface area contributed by atoms with Gasteiger partial charge in [-0.05, 0) is 51.1 Å². The van der Waals surface area contributed by atoms with E-state index in [4.69, 9.17) is 16.3 Å². The number of para-hydroxylation sites is 1. The van der Waals surface area contributed by atoms with E-state index in [9.17, 15) is 19.2 Å². The second-order valence-corrected chi connectivity index (χ2v) is 9.53. The molecule has 3 rings (SSSR count). The van der Waals surface area contributed by atoms with Crippen LogP contribution in [-0.4, -0.2) is 42.4 Å². The average Bonchev–Trinajstić information content (AvgIpc) is 2.85. The van der Waals surface area contributed by atoms with Gasteiger partial charge in [-0.25, -0.2) is 4.79 Å². The highest BCUT2D eigenvalue weighted by molar-refractivity contribution is 6.30. The lowest BCUT2D eigenvalue weighted by Gasteiger charge is -2.27. The third-order valence-corrected chi connectivity index (χ3v) is 5.20. The van der Waals surface area contributed by atoms with Crippen molar-refractivity contribution in [3.63, 3.8) is 0 Å². The summed E-state index contributed by atoms with van der Waals surface area (Å²) in [6.45, 7) is 4.25. The Morgan fingerprint density at radius 1 is 0.892 bits per heavy atom. The number of urea groups is 1. The minimum Gasteiger partial charge on any atom is -0.459 e. The highest BCUT2D eigenvalue weighted by Gasteiger charge is 2.27. The van der Waals surface area contributed by atoms with Gasteiger partial charge in [-0.3, -0.25) is 19.3 Å². The topological polar surface area (TPSA) is 105 Å². The first kappa shape index (κ1) is 27.4. The van der Waals surface area contributed by atoms with E-state index in [0.717, 1.165) is 4.90 Å². The minimum absolute atomic E-state index is 0.226. The molecule has 9 heteroatoms. The smallest absolute Gasteiger partial charge is 0.326 e. The first-order chi connectivity index (χ1) is 17.5. The summed E-state index contributed by atoms with van der Waals surface area (Å²) in [5.74, 6) is -1.59. The maximum atomic E-state index is 13.3.